The number of hydrogen-bond donors (Lipinski definition) is 2. The van der Waals surface area contributed by atoms with Crippen molar-refractivity contribution in [2.45, 2.75) is 32.7 Å². The number of carbonyl (C=O) groups excluding carboxylic acids is 2. The van der Waals surface area contributed by atoms with Gasteiger partial charge in [0.05, 0.1) is 0 Å². The van der Waals surface area contributed by atoms with E-state index in [1.165, 1.54) is 5.56 Å². The van der Waals surface area contributed by atoms with Crippen molar-refractivity contribution in [2.24, 2.45) is 5.10 Å². The summed E-state index contributed by atoms with van der Waals surface area (Å²) in [6.07, 6.45) is 1.65. The molecule has 5 heteroatoms. The molecule has 2 rings (SSSR count). The van der Waals surface area contributed by atoms with Crippen molar-refractivity contribution in [3.05, 3.63) is 35.4 Å². The minimum Gasteiger partial charge on any atom is -0.347 e. The van der Waals surface area contributed by atoms with Crippen molar-refractivity contribution in [3.63, 3.8) is 0 Å². The van der Waals surface area contributed by atoms with E-state index in [-0.39, 0.29) is 11.8 Å². The Balaban J connectivity index is 1.95. The van der Waals surface area contributed by atoms with Gasteiger partial charge in [-0.3, -0.25) is 9.59 Å². The zero-order chi connectivity index (χ0) is 13.7. The molecule has 0 fully saturated rings. The Kier molecular flexibility index (Phi) is 4.28. The summed E-state index contributed by atoms with van der Waals surface area (Å²) < 4.78 is 0. The number of nitrogens with one attached hydrogen (secondary N) is 2. The molecule has 0 atom stereocenters. The van der Waals surface area contributed by atoms with E-state index in [9.17, 15) is 9.59 Å². The highest BCUT2D eigenvalue weighted by Gasteiger charge is 2.17. The summed E-state index contributed by atoms with van der Waals surface area (Å²) in [6.45, 7) is 2.57. The molecular weight excluding hydrogens is 242 g/mol. The third kappa shape index (κ3) is 3.40. The summed E-state index contributed by atoms with van der Waals surface area (Å²) in [5.41, 5.74) is 5.04. The Bertz CT molecular complexity index is 523. The predicted molar refractivity (Wildman–Crippen MR) is 72.5 cm³/mol. The molecule has 0 saturated carbocycles. The Morgan fingerprint density at radius 2 is 2.05 bits per heavy atom. The van der Waals surface area contributed by atoms with Gasteiger partial charge in [-0.25, -0.2) is 5.43 Å². The number of carbonyl (C=O) groups is 2. The van der Waals surface area contributed by atoms with E-state index in [1.54, 1.807) is 0 Å². The standard InChI is InChI=1S/C14H17N3O2/c1-2-10-5-3-4-6-11(10)9-15-14(19)12-7-8-13(18)17-16-12/h3-6H,2,7-9H2,1H3,(H,15,19)(H,17,18). The van der Waals surface area contributed by atoms with Gasteiger partial charge >= 0.3 is 0 Å². The molecule has 100 valence electrons. The maximum atomic E-state index is 11.9. The number of aryl methyl sites for hydroxylation is 1. The van der Waals surface area contributed by atoms with E-state index in [0.717, 1.165) is 12.0 Å². The molecule has 0 aliphatic carbocycles. The maximum absolute atomic E-state index is 11.9. The highest BCUT2D eigenvalue weighted by Crippen LogP contribution is 2.09. The summed E-state index contributed by atoms with van der Waals surface area (Å²) in [5, 5.41) is 6.61. The first-order chi connectivity index (χ1) is 9.20. The summed E-state index contributed by atoms with van der Waals surface area (Å²) in [6, 6.07) is 8.01. The molecule has 1 aromatic carbocycles. The van der Waals surface area contributed by atoms with Gasteiger partial charge < -0.3 is 5.32 Å². The van der Waals surface area contributed by atoms with Crippen LogP contribution in [-0.2, 0) is 22.6 Å². The quantitative estimate of drug-likeness (QED) is 0.851. The van der Waals surface area contributed by atoms with Crippen LogP contribution in [0.3, 0.4) is 0 Å². The monoisotopic (exact) mass is 259 g/mol. The number of hydrogen-bond acceptors (Lipinski definition) is 3. The van der Waals surface area contributed by atoms with Crippen LogP contribution in [0.2, 0.25) is 0 Å². The molecule has 0 unspecified atom stereocenters. The SMILES string of the molecule is CCc1ccccc1CNC(=O)C1=NNC(=O)CC1. The third-order valence-corrected chi connectivity index (χ3v) is 3.11. The lowest BCUT2D eigenvalue weighted by Gasteiger charge is -2.13. The fraction of sp³-hybridized carbons (Fsp3) is 0.357. The van der Waals surface area contributed by atoms with Crippen LogP contribution in [0.4, 0.5) is 0 Å². The topological polar surface area (TPSA) is 70.6 Å². The van der Waals surface area contributed by atoms with Gasteiger partial charge in [-0.15, -0.1) is 0 Å². The van der Waals surface area contributed by atoms with Gasteiger partial charge in [-0.1, -0.05) is 31.2 Å². The molecule has 0 saturated heterocycles. The highest BCUT2D eigenvalue weighted by molar-refractivity contribution is 6.39. The lowest BCUT2D eigenvalue weighted by molar-refractivity contribution is -0.121. The molecule has 2 amide bonds. The smallest absolute Gasteiger partial charge is 0.267 e. The third-order valence-electron chi connectivity index (χ3n) is 3.11. The van der Waals surface area contributed by atoms with Crippen molar-refractivity contribution in [3.8, 4) is 0 Å². The normalized spacial score (nSPS) is 14.6. The second-order valence-corrected chi connectivity index (χ2v) is 4.40. The van der Waals surface area contributed by atoms with E-state index in [1.807, 2.05) is 18.2 Å². The second-order valence-electron chi connectivity index (χ2n) is 4.40. The van der Waals surface area contributed by atoms with E-state index in [0.29, 0.717) is 25.1 Å². The molecule has 5 nitrogen and oxygen atoms in total. The zero-order valence-corrected chi connectivity index (χ0v) is 10.9. The van der Waals surface area contributed by atoms with Crippen LogP contribution in [0, 0.1) is 0 Å². The van der Waals surface area contributed by atoms with Crippen molar-refractivity contribution in [1.29, 1.82) is 0 Å². The summed E-state index contributed by atoms with van der Waals surface area (Å²) in [5.74, 6) is -0.362. The van der Waals surface area contributed by atoms with Gasteiger partial charge in [0.25, 0.3) is 5.91 Å². The molecule has 1 aliphatic rings. The highest BCUT2D eigenvalue weighted by atomic mass is 16.2. The average Bonchev–Trinajstić information content (AvgIpc) is 2.45. The molecule has 1 aromatic rings. The van der Waals surface area contributed by atoms with Crippen LogP contribution in [0.5, 0.6) is 0 Å². The average molecular weight is 259 g/mol. The van der Waals surface area contributed by atoms with E-state index in [2.05, 4.69) is 28.8 Å². The molecule has 0 aromatic heterocycles. The zero-order valence-electron chi connectivity index (χ0n) is 10.9. The Morgan fingerprint density at radius 1 is 1.32 bits per heavy atom. The summed E-state index contributed by atoms with van der Waals surface area (Å²) in [7, 11) is 0. The van der Waals surface area contributed by atoms with E-state index >= 15 is 0 Å². The molecule has 0 spiro atoms. The largest absolute Gasteiger partial charge is 0.347 e. The first-order valence-corrected chi connectivity index (χ1v) is 6.41. The van der Waals surface area contributed by atoms with Crippen LogP contribution in [0.15, 0.2) is 29.4 Å². The lowest BCUT2D eigenvalue weighted by atomic mass is 10.1. The molecular formula is C14H17N3O2. The van der Waals surface area contributed by atoms with Crippen molar-refractivity contribution in [1.82, 2.24) is 10.7 Å². The fourth-order valence-electron chi connectivity index (χ4n) is 1.99. The Hall–Kier alpha value is -2.17. The van der Waals surface area contributed by atoms with Gasteiger partial charge in [0, 0.05) is 19.4 Å². The molecule has 1 heterocycles. The Labute approximate surface area is 112 Å². The van der Waals surface area contributed by atoms with Crippen LogP contribution in [0.25, 0.3) is 0 Å². The number of benzene rings is 1. The first kappa shape index (κ1) is 13.3. The lowest BCUT2D eigenvalue weighted by Crippen LogP contribution is -2.36. The van der Waals surface area contributed by atoms with Crippen molar-refractivity contribution < 1.29 is 9.59 Å². The predicted octanol–water partition coefficient (Wildman–Crippen LogP) is 1.13. The van der Waals surface area contributed by atoms with Crippen LogP contribution >= 0.6 is 0 Å². The number of amides is 2. The maximum Gasteiger partial charge on any atom is 0.267 e. The van der Waals surface area contributed by atoms with Gasteiger partial charge in [0.2, 0.25) is 5.91 Å². The summed E-state index contributed by atoms with van der Waals surface area (Å²) in [4.78, 5) is 22.8. The minimum atomic E-state index is -0.217. The van der Waals surface area contributed by atoms with Gasteiger partial charge in [0.15, 0.2) is 0 Å². The first-order valence-electron chi connectivity index (χ1n) is 6.41. The van der Waals surface area contributed by atoms with Crippen LogP contribution < -0.4 is 10.7 Å². The number of rotatable bonds is 4. The van der Waals surface area contributed by atoms with Crippen LogP contribution in [-0.4, -0.2) is 17.5 Å². The Morgan fingerprint density at radius 3 is 2.68 bits per heavy atom. The van der Waals surface area contributed by atoms with Crippen molar-refractivity contribution >= 4 is 17.5 Å². The van der Waals surface area contributed by atoms with Gasteiger partial charge in [0.1, 0.15) is 5.71 Å². The van der Waals surface area contributed by atoms with Gasteiger partial charge in [-0.2, -0.15) is 5.10 Å². The molecule has 19 heavy (non-hydrogen) atoms. The van der Waals surface area contributed by atoms with E-state index < -0.39 is 0 Å². The molecule has 2 N–H and O–H groups in total. The minimum absolute atomic E-state index is 0.145. The number of nitrogens with zero attached hydrogens (tertiary/aromatic N) is 1. The molecule has 0 bridgehead atoms. The van der Waals surface area contributed by atoms with E-state index in [4.69, 9.17) is 0 Å². The molecule has 0 radical (unpaired) electrons. The second kappa shape index (κ2) is 6.13. The fourth-order valence-corrected chi connectivity index (χ4v) is 1.99. The molecule has 1 aliphatic heterocycles. The van der Waals surface area contributed by atoms with Crippen LogP contribution in [0.1, 0.15) is 30.9 Å². The van der Waals surface area contributed by atoms with Crippen molar-refractivity contribution in [2.75, 3.05) is 0 Å². The van der Waals surface area contributed by atoms with Gasteiger partial charge in [-0.05, 0) is 17.5 Å². The number of hydrazone groups is 1. The summed E-state index contributed by atoms with van der Waals surface area (Å²) >= 11 is 0.